The predicted octanol–water partition coefficient (Wildman–Crippen LogP) is -0.236. The Kier molecular flexibility index (Phi) is 42.8. The maximum absolute atomic E-state index is 9.81. The van der Waals surface area contributed by atoms with Gasteiger partial charge in [-0.1, -0.05) is 129 Å². The zero-order valence-electron chi connectivity index (χ0n) is 28.3. The second-order valence-corrected chi connectivity index (χ2v) is 13.3. The molecule has 44 heavy (non-hydrogen) atoms. The molecule has 0 spiro atoms. The minimum atomic E-state index is -5.43. The molecule has 0 aliphatic carbocycles. The van der Waals surface area contributed by atoms with Crippen molar-refractivity contribution in [2.75, 3.05) is 39.6 Å². The van der Waals surface area contributed by atoms with Crippen LogP contribution in [0.5, 0.6) is 0 Å². The number of aliphatic hydroxyl groups excluding tert-OH is 2. The van der Waals surface area contributed by atoms with Gasteiger partial charge in [-0.25, -0.2) is 16.8 Å². The van der Waals surface area contributed by atoms with Crippen LogP contribution in [0.15, 0.2) is 0 Å². The van der Waals surface area contributed by atoms with E-state index in [4.69, 9.17) is 9.47 Å². The van der Waals surface area contributed by atoms with Crippen molar-refractivity contribution in [2.45, 2.75) is 142 Å². The quantitative estimate of drug-likeness (QED) is 0.0438. The summed E-state index contributed by atoms with van der Waals surface area (Å²) in [6.45, 7) is 6.48. The van der Waals surface area contributed by atoms with Crippen molar-refractivity contribution in [1.82, 2.24) is 0 Å². The Morgan fingerprint density at radius 3 is 0.955 bits per heavy atom. The van der Waals surface area contributed by atoms with Crippen LogP contribution in [0.4, 0.5) is 0 Å². The zero-order chi connectivity index (χ0) is 32.0. The summed E-state index contributed by atoms with van der Waals surface area (Å²) in [5, 5.41) is 19.6. The summed E-state index contributed by atoms with van der Waals surface area (Å²) >= 11 is 0. The molecular weight excluding hydrogens is 634 g/mol. The zero-order valence-corrected chi connectivity index (χ0v) is 33.9. The Balaban J connectivity index is -0.000000628. The number of unbranched alkanes of at least 4 members (excludes halogenated alkanes) is 18. The molecule has 0 saturated carbocycles. The summed E-state index contributed by atoms with van der Waals surface area (Å²) in [6.07, 6.45) is 26.2. The molecule has 0 aliphatic rings. The van der Waals surface area contributed by atoms with E-state index in [1.165, 1.54) is 116 Å². The first-order valence-electron chi connectivity index (χ1n) is 15.9. The normalized spacial score (nSPS) is 11.8. The maximum atomic E-state index is 9.81. The van der Waals surface area contributed by atoms with Crippen molar-refractivity contribution in [3.8, 4) is 0 Å². The summed E-state index contributed by atoms with van der Waals surface area (Å²) in [5.74, 6) is 0. The topological polar surface area (TPSA) is 183 Å². The SMILES string of the molecule is CCCCCCCCCCCCOCC(CO)(CO)COCCCCCCCCCCCC.O=S(=O)([O-])OS(=O)(=O)[O-].[Na+].[Na+]. The molecular formula is C29H60Na2O11S2. The van der Waals surface area contributed by atoms with Crippen LogP contribution in [0.25, 0.3) is 0 Å². The van der Waals surface area contributed by atoms with Crippen molar-refractivity contribution in [1.29, 1.82) is 0 Å². The van der Waals surface area contributed by atoms with Gasteiger partial charge < -0.3 is 28.8 Å². The molecule has 0 aromatic rings. The van der Waals surface area contributed by atoms with Gasteiger partial charge in [0, 0.05) is 13.2 Å². The van der Waals surface area contributed by atoms with Gasteiger partial charge in [0.25, 0.3) is 0 Å². The summed E-state index contributed by atoms with van der Waals surface area (Å²) in [7, 11) is -10.9. The van der Waals surface area contributed by atoms with Crippen LogP contribution >= 0.6 is 0 Å². The number of rotatable bonds is 30. The minimum Gasteiger partial charge on any atom is -0.725 e. The predicted molar refractivity (Wildman–Crippen MR) is 162 cm³/mol. The van der Waals surface area contributed by atoms with Gasteiger partial charge in [0.05, 0.1) is 31.8 Å². The van der Waals surface area contributed by atoms with Crippen molar-refractivity contribution in [3.05, 3.63) is 0 Å². The molecule has 0 aromatic carbocycles. The smallest absolute Gasteiger partial charge is 0.725 e. The average Bonchev–Trinajstić information content (AvgIpc) is 2.91. The molecule has 0 atom stereocenters. The van der Waals surface area contributed by atoms with Crippen LogP contribution in [-0.4, -0.2) is 75.8 Å². The van der Waals surface area contributed by atoms with Gasteiger partial charge in [-0.05, 0) is 12.8 Å². The van der Waals surface area contributed by atoms with E-state index in [0.29, 0.717) is 26.4 Å². The van der Waals surface area contributed by atoms with Crippen molar-refractivity contribution in [3.63, 3.8) is 0 Å². The van der Waals surface area contributed by atoms with Crippen LogP contribution in [0.2, 0.25) is 0 Å². The largest absolute Gasteiger partial charge is 1.00 e. The van der Waals surface area contributed by atoms with Gasteiger partial charge in [0.1, 0.15) is 0 Å². The molecule has 0 amide bonds. The van der Waals surface area contributed by atoms with Crippen LogP contribution in [0.1, 0.15) is 142 Å². The number of ether oxygens (including phenoxy) is 2. The molecule has 11 nitrogen and oxygen atoms in total. The number of hydrogen-bond acceptors (Lipinski definition) is 11. The Hall–Kier alpha value is 1.62. The first kappa shape index (κ1) is 52.4. The van der Waals surface area contributed by atoms with E-state index in [-0.39, 0.29) is 72.3 Å². The average molecular weight is 695 g/mol. The van der Waals surface area contributed by atoms with E-state index in [0.717, 1.165) is 12.8 Å². The molecule has 0 rings (SSSR count). The van der Waals surface area contributed by atoms with E-state index in [1.54, 1.807) is 0 Å². The molecule has 2 N–H and O–H groups in total. The van der Waals surface area contributed by atoms with Gasteiger partial charge >= 0.3 is 59.1 Å². The summed E-state index contributed by atoms with van der Waals surface area (Å²) in [5.41, 5.74) is -0.670. The number of hydrogen-bond donors (Lipinski definition) is 2. The second-order valence-electron chi connectivity index (χ2n) is 11.2. The van der Waals surface area contributed by atoms with Crippen molar-refractivity contribution >= 4 is 20.8 Å². The third-order valence-corrected chi connectivity index (χ3v) is 8.27. The van der Waals surface area contributed by atoms with Crippen molar-refractivity contribution in [2.24, 2.45) is 5.41 Å². The Labute approximate surface area is 313 Å². The summed E-state index contributed by atoms with van der Waals surface area (Å²) in [4.78, 5) is 0. The first-order chi connectivity index (χ1) is 19.9. The van der Waals surface area contributed by atoms with Crippen LogP contribution < -0.4 is 59.1 Å². The molecule has 0 saturated heterocycles. The molecule has 0 aromatic heterocycles. The molecule has 256 valence electrons. The summed E-state index contributed by atoms with van der Waals surface area (Å²) < 4.78 is 69.8. The fraction of sp³-hybridized carbons (Fsp3) is 1.00. The van der Waals surface area contributed by atoms with Crippen LogP contribution in [0.3, 0.4) is 0 Å². The molecule has 0 radical (unpaired) electrons. The van der Waals surface area contributed by atoms with Gasteiger partial charge in [0.15, 0.2) is 0 Å². The standard InChI is InChI=1S/C29H60O4.2Na.H2O7S2/c1-3-5-7-9-11-13-15-17-19-21-23-32-27-29(25-30,26-31)28-33-24-22-20-18-16-14-12-10-8-6-4-2;;;1-8(2,3)7-9(4,5)6/h30-31H,3-28H2,1-2H3;;;(H,1,2,3)(H,4,5,6)/q;2*+1;/p-2. The Morgan fingerprint density at radius 1 is 0.500 bits per heavy atom. The van der Waals surface area contributed by atoms with Gasteiger partial charge in [-0.3, -0.25) is 0 Å². The molecule has 0 bridgehead atoms. The van der Waals surface area contributed by atoms with Gasteiger partial charge in [-0.2, -0.15) is 3.63 Å². The summed E-state index contributed by atoms with van der Waals surface area (Å²) in [6, 6.07) is 0. The monoisotopic (exact) mass is 694 g/mol. The first-order valence-corrected chi connectivity index (χ1v) is 18.6. The third kappa shape index (κ3) is 41.6. The van der Waals surface area contributed by atoms with E-state index in [1.807, 2.05) is 0 Å². The fourth-order valence-electron chi connectivity index (χ4n) is 4.34. The Morgan fingerprint density at radius 2 is 0.750 bits per heavy atom. The second kappa shape index (κ2) is 35.9. The van der Waals surface area contributed by atoms with Crippen molar-refractivity contribution < 1.29 is 108 Å². The third-order valence-electron chi connectivity index (χ3n) is 6.94. The van der Waals surface area contributed by atoms with E-state index in [2.05, 4.69) is 17.5 Å². The van der Waals surface area contributed by atoms with E-state index in [9.17, 15) is 36.2 Å². The van der Waals surface area contributed by atoms with Gasteiger partial charge in [-0.15, -0.1) is 0 Å². The van der Waals surface area contributed by atoms with E-state index < -0.39 is 26.2 Å². The molecule has 15 heteroatoms. The fourth-order valence-corrected chi connectivity index (χ4v) is 5.15. The van der Waals surface area contributed by atoms with E-state index >= 15 is 0 Å². The molecule has 0 unspecified atom stereocenters. The molecule has 0 fully saturated rings. The minimum absolute atomic E-state index is 0. The number of aliphatic hydroxyl groups is 2. The van der Waals surface area contributed by atoms with Crippen LogP contribution in [0, 0.1) is 5.41 Å². The van der Waals surface area contributed by atoms with Crippen LogP contribution in [-0.2, 0) is 33.9 Å². The van der Waals surface area contributed by atoms with Gasteiger partial charge in [0.2, 0.25) is 20.8 Å². The maximum Gasteiger partial charge on any atom is 1.00 e. The molecule has 0 heterocycles. The molecule has 0 aliphatic heterocycles. The Bertz CT molecular complexity index is 722.